The second-order valence-electron chi connectivity index (χ2n) is 3.81. The van der Waals surface area contributed by atoms with Gasteiger partial charge in [0.05, 0.1) is 4.90 Å². The van der Waals surface area contributed by atoms with Crippen LogP contribution in [-0.2, 0) is 10.1 Å². The summed E-state index contributed by atoms with van der Waals surface area (Å²) < 4.78 is 31.2. The first-order valence-electron chi connectivity index (χ1n) is 4.54. The van der Waals surface area contributed by atoms with Crippen LogP contribution in [0.3, 0.4) is 0 Å². The van der Waals surface area contributed by atoms with Crippen LogP contribution in [0.2, 0.25) is 0 Å². The average molecular weight is 254 g/mol. The summed E-state index contributed by atoms with van der Waals surface area (Å²) in [6.07, 6.45) is 0. The molecule has 86 valence electrons. The molecule has 0 spiro atoms. The number of aromatic hydroxyl groups is 1. The molecule has 0 saturated carbocycles. The quantitative estimate of drug-likeness (QED) is 0.618. The monoisotopic (exact) mass is 254 g/mol. The van der Waals surface area contributed by atoms with Crippen molar-refractivity contribution in [3.05, 3.63) is 23.3 Å². The molecule has 0 fully saturated rings. The molecular formula is C10H15NaO4S. The van der Waals surface area contributed by atoms with E-state index in [-0.39, 0.29) is 46.1 Å². The zero-order chi connectivity index (χ0) is 11.8. The molecule has 0 aromatic heterocycles. The van der Waals surface area contributed by atoms with Gasteiger partial charge in [-0.25, -0.2) is 0 Å². The molecular weight excluding hydrogens is 239 g/mol. The Hall–Kier alpha value is -0.0700. The van der Waals surface area contributed by atoms with E-state index in [9.17, 15) is 13.5 Å². The molecule has 1 rings (SSSR count). The van der Waals surface area contributed by atoms with Gasteiger partial charge in [-0.3, -0.25) is 4.55 Å². The van der Waals surface area contributed by atoms with Crippen molar-refractivity contribution < 1.29 is 18.1 Å². The van der Waals surface area contributed by atoms with Crippen LogP contribution in [0.5, 0.6) is 5.75 Å². The van der Waals surface area contributed by atoms with Crippen molar-refractivity contribution in [2.75, 3.05) is 0 Å². The summed E-state index contributed by atoms with van der Waals surface area (Å²) in [6.45, 7) is 5.16. The predicted octanol–water partition coefficient (Wildman–Crippen LogP) is 1.42. The number of phenols is 1. The van der Waals surface area contributed by atoms with Crippen molar-refractivity contribution in [2.45, 2.75) is 31.6 Å². The van der Waals surface area contributed by atoms with Crippen molar-refractivity contribution in [1.82, 2.24) is 0 Å². The van der Waals surface area contributed by atoms with Crippen molar-refractivity contribution in [2.24, 2.45) is 0 Å². The Bertz CT molecular complexity index is 480. The number of benzene rings is 1. The molecule has 0 radical (unpaired) electrons. The van der Waals surface area contributed by atoms with Crippen molar-refractivity contribution >= 4 is 39.7 Å². The summed E-state index contributed by atoms with van der Waals surface area (Å²) >= 11 is 0. The van der Waals surface area contributed by atoms with E-state index < -0.39 is 10.1 Å². The number of phenolic OH excluding ortho intramolecular Hbond substituents is 1. The molecule has 0 aliphatic heterocycles. The van der Waals surface area contributed by atoms with E-state index in [0.717, 1.165) is 0 Å². The van der Waals surface area contributed by atoms with E-state index >= 15 is 0 Å². The number of aryl methyl sites for hydroxylation is 1. The molecule has 1 aromatic rings. The molecule has 0 saturated heterocycles. The average Bonchev–Trinajstić information content (AvgIpc) is 2.06. The summed E-state index contributed by atoms with van der Waals surface area (Å²) in [4.78, 5) is -0.132. The molecule has 0 atom stereocenters. The Morgan fingerprint density at radius 3 is 2.12 bits per heavy atom. The van der Waals surface area contributed by atoms with Gasteiger partial charge in [0.25, 0.3) is 10.1 Å². The topological polar surface area (TPSA) is 74.6 Å². The van der Waals surface area contributed by atoms with Gasteiger partial charge in [0.15, 0.2) is 0 Å². The normalized spacial score (nSPS) is 11.3. The Labute approximate surface area is 118 Å². The van der Waals surface area contributed by atoms with E-state index in [0.29, 0.717) is 11.1 Å². The second kappa shape index (κ2) is 5.51. The van der Waals surface area contributed by atoms with Crippen molar-refractivity contribution in [3.63, 3.8) is 0 Å². The summed E-state index contributed by atoms with van der Waals surface area (Å²) in [6, 6.07) is 2.66. The fourth-order valence-corrected chi connectivity index (χ4v) is 2.28. The SMILES string of the molecule is Cc1cc(S(=O)(=O)O)c(C(C)C)cc1O.[NaH]. The van der Waals surface area contributed by atoms with Crippen LogP contribution < -0.4 is 0 Å². The molecule has 4 nitrogen and oxygen atoms in total. The van der Waals surface area contributed by atoms with Gasteiger partial charge in [-0.05, 0) is 36.1 Å². The van der Waals surface area contributed by atoms with Gasteiger partial charge >= 0.3 is 29.6 Å². The van der Waals surface area contributed by atoms with Crippen LogP contribution in [0, 0.1) is 6.92 Å². The molecule has 2 N–H and O–H groups in total. The van der Waals surface area contributed by atoms with E-state index in [1.54, 1.807) is 20.8 Å². The zero-order valence-electron chi connectivity index (χ0n) is 8.85. The van der Waals surface area contributed by atoms with E-state index in [2.05, 4.69) is 0 Å². The minimum atomic E-state index is -4.23. The van der Waals surface area contributed by atoms with Gasteiger partial charge in [0.1, 0.15) is 5.75 Å². The van der Waals surface area contributed by atoms with Crippen LogP contribution in [0.4, 0.5) is 0 Å². The maximum absolute atomic E-state index is 11.1. The summed E-state index contributed by atoms with van der Waals surface area (Å²) in [5.41, 5.74) is 0.840. The van der Waals surface area contributed by atoms with Gasteiger partial charge in [0, 0.05) is 0 Å². The second-order valence-corrected chi connectivity index (χ2v) is 5.20. The van der Waals surface area contributed by atoms with Crippen LogP contribution in [0.1, 0.15) is 30.9 Å². The van der Waals surface area contributed by atoms with Gasteiger partial charge in [-0.15, -0.1) is 0 Å². The maximum atomic E-state index is 11.1. The third-order valence-electron chi connectivity index (χ3n) is 2.23. The molecule has 0 unspecified atom stereocenters. The zero-order valence-corrected chi connectivity index (χ0v) is 9.67. The molecule has 0 aliphatic rings. The standard InChI is InChI=1S/C10H14O4S.Na.H/c1-6(2)8-5-9(11)7(3)4-10(8)15(12,13)14;;/h4-6,11H,1-3H3,(H,12,13,14);;. The summed E-state index contributed by atoms with van der Waals surface area (Å²) in [5.74, 6) is -0.0560. The van der Waals surface area contributed by atoms with Crippen LogP contribution >= 0.6 is 0 Å². The molecule has 6 heteroatoms. The van der Waals surface area contributed by atoms with Crippen LogP contribution in [0.25, 0.3) is 0 Å². The Morgan fingerprint density at radius 2 is 1.75 bits per heavy atom. The Kier molecular flexibility index (Phi) is 5.49. The molecule has 0 bridgehead atoms. The van der Waals surface area contributed by atoms with Gasteiger partial charge in [0.2, 0.25) is 0 Å². The molecule has 16 heavy (non-hydrogen) atoms. The van der Waals surface area contributed by atoms with E-state index in [1.165, 1.54) is 12.1 Å². The van der Waals surface area contributed by atoms with E-state index in [1.807, 2.05) is 0 Å². The third kappa shape index (κ3) is 3.46. The Balaban J connectivity index is 0.00000225. The summed E-state index contributed by atoms with van der Waals surface area (Å²) in [7, 11) is -4.23. The number of rotatable bonds is 2. The Morgan fingerprint density at radius 1 is 1.25 bits per heavy atom. The predicted molar refractivity (Wildman–Crippen MR) is 63.9 cm³/mol. The van der Waals surface area contributed by atoms with Gasteiger partial charge < -0.3 is 5.11 Å². The molecule has 0 heterocycles. The molecule has 0 aliphatic carbocycles. The third-order valence-corrected chi connectivity index (χ3v) is 3.14. The van der Waals surface area contributed by atoms with Gasteiger partial charge in [-0.1, -0.05) is 13.8 Å². The van der Waals surface area contributed by atoms with E-state index in [4.69, 9.17) is 4.55 Å². The minimum absolute atomic E-state index is 0. The number of hydrogen-bond donors (Lipinski definition) is 2. The number of hydrogen-bond acceptors (Lipinski definition) is 3. The summed E-state index contributed by atoms with van der Waals surface area (Å²) in [5, 5.41) is 9.46. The molecule has 0 amide bonds. The first-order chi connectivity index (χ1) is 6.73. The van der Waals surface area contributed by atoms with Crippen molar-refractivity contribution in [3.8, 4) is 5.75 Å². The van der Waals surface area contributed by atoms with Crippen LogP contribution in [0.15, 0.2) is 17.0 Å². The fourth-order valence-electron chi connectivity index (χ4n) is 1.36. The van der Waals surface area contributed by atoms with Crippen LogP contribution in [-0.4, -0.2) is 47.6 Å². The first kappa shape index (κ1) is 15.9. The fraction of sp³-hybridized carbons (Fsp3) is 0.400. The van der Waals surface area contributed by atoms with Gasteiger partial charge in [-0.2, -0.15) is 8.42 Å². The van der Waals surface area contributed by atoms with Crippen molar-refractivity contribution in [1.29, 1.82) is 0 Å². The first-order valence-corrected chi connectivity index (χ1v) is 5.98. The molecule has 1 aromatic carbocycles.